The van der Waals surface area contributed by atoms with Gasteiger partial charge in [0.2, 0.25) is 6.33 Å². The lowest BCUT2D eigenvalue weighted by molar-refractivity contribution is -0.513. The predicted octanol–water partition coefficient (Wildman–Crippen LogP) is 0.467. The maximum atomic E-state index is 4.25. The summed E-state index contributed by atoms with van der Waals surface area (Å²) in [5, 5.41) is 4.25. The molecule has 0 spiro atoms. The summed E-state index contributed by atoms with van der Waals surface area (Å²) in [5.74, 6) is 0. The van der Waals surface area contributed by atoms with Crippen LogP contribution in [-0.4, -0.2) is 9.78 Å². The maximum absolute atomic E-state index is 4.25. The molecule has 0 aliphatic carbocycles. The predicted molar refractivity (Wildman–Crippen MR) is 41.1 cm³/mol. The number of nitrogens with zero attached hydrogens (tertiary/aromatic N) is 3. The van der Waals surface area contributed by atoms with Crippen molar-refractivity contribution in [1.82, 2.24) is 9.78 Å². The number of aryl methyl sites for hydroxylation is 2. The number of hydrogen-bond donors (Lipinski definition) is 0. The number of pyridine rings is 1. The molecule has 0 saturated heterocycles. The van der Waals surface area contributed by atoms with E-state index in [4.69, 9.17) is 0 Å². The standard InChI is InChI=1S/C8H10N3/c1-7-3-4-11-6-10(2)9-8(11)5-7/h3-6H,1-2H3/q+1. The van der Waals surface area contributed by atoms with Crippen LogP contribution in [0.15, 0.2) is 24.7 Å². The minimum Gasteiger partial charge on any atom is -0.204 e. The molecule has 0 fully saturated rings. The highest BCUT2D eigenvalue weighted by Crippen LogP contribution is 1.96. The Morgan fingerprint density at radius 2 is 2.36 bits per heavy atom. The van der Waals surface area contributed by atoms with E-state index >= 15 is 0 Å². The summed E-state index contributed by atoms with van der Waals surface area (Å²) in [6.45, 7) is 2.06. The van der Waals surface area contributed by atoms with E-state index in [-0.39, 0.29) is 0 Å². The topological polar surface area (TPSA) is 21.9 Å². The van der Waals surface area contributed by atoms with Crippen LogP contribution < -0.4 is 4.40 Å². The van der Waals surface area contributed by atoms with Crippen LogP contribution >= 0.6 is 0 Å². The molecule has 0 unspecified atom stereocenters. The smallest absolute Gasteiger partial charge is 0.204 e. The van der Waals surface area contributed by atoms with Crippen LogP contribution in [0.4, 0.5) is 0 Å². The van der Waals surface area contributed by atoms with Crippen molar-refractivity contribution < 1.29 is 4.40 Å². The van der Waals surface area contributed by atoms with Crippen molar-refractivity contribution in [3.63, 3.8) is 0 Å². The zero-order valence-electron chi connectivity index (χ0n) is 6.65. The molecule has 11 heavy (non-hydrogen) atoms. The molecule has 2 heterocycles. The van der Waals surface area contributed by atoms with Gasteiger partial charge in [-0.2, -0.15) is 0 Å². The fourth-order valence-electron chi connectivity index (χ4n) is 1.15. The second-order valence-electron chi connectivity index (χ2n) is 2.76. The van der Waals surface area contributed by atoms with E-state index in [0.717, 1.165) is 5.65 Å². The van der Waals surface area contributed by atoms with Gasteiger partial charge in [0.05, 0.1) is 13.2 Å². The Morgan fingerprint density at radius 3 is 3.18 bits per heavy atom. The largest absolute Gasteiger partial charge is 0.306 e. The highest BCUT2D eigenvalue weighted by Gasteiger charge is 2.04. The molecule has 0 N–H and O–H groups in total. The van der Waals surface area contributed by atoms with Crippen molar-refractivity contribution in [2.45, 2.75) is 6.92 Å². The minimum absolute atomic E-state index is 0.993. The first-order chi connectivity index (χ1) is 5.25. The summed E-state index contributed by atoms with van der Waals surface area (Å²) in [4.78, 5) is 0. The van der Waals surface area contributed by atoms with Crippen LogP contribution in [0.3, 0.4) is 0 Å². The monoisotopic (exact) mass is 148 g/mol. The van der Waals surface area contributed by atoms with Crippen molar-refractivity contribution in [1.29, 1.82) is 0 Å². The second kappa shape index (κ2) is 2.05. The average molecular weight is 148 g/mol. The molecule has 0 bridgehead atoms. The number of aromatic nitrogens is 3. The zero-order valence-corrected chi connectivity index (χ0v) is 6.65. The van der Waals surface area contributed by atoms with Gasteiger partial charge in [0.15, 0.2) is 0 Å². The molecule has 0 aliphatic rings. The fraction of sp³-hybridized carbons (Fsp3) is 0.250. The van der Waals surface area contributed by atoms with Crippen LogP contribution in [0, 0.1) is 6.92 Å². The Hall–Kier alpha value is -1.38. The highest BCUT2D eigenvalue weighted by molar-refractivity contribution is 5.30. The quantitative estimate of drug-likeness (QED) is 0.498. The molecule has 0 radical (unpaired) electrons. The molecule has 2 rings (SSSR count). The fourth-order valence-corrected chi connectivity index (χ4v) is 1.15. The first-order valence-electron chi connectivity index (χ1n) is 3.57. The summed E-state index contributed by atoms with van der Waals surface area (Å²) in [6.07, 6.45) is 3.95. The van der Waals surface area contributed by atoms with Crippen molar-refractivity contribution in [3.8, 4) is 0 Å². The number of fused-ring (bicyclic) bond motifs is 1. The number of rotatable bonds is 0. The summed E-state index contributed by atoms with van der Waals surface area (Å²) in [5.41, 5.74) is 2.23. The third-order valence-electron chi connectivity index (χ3n) is 1.67. The number of hydrogen-bond acceptors (Lipinski definition) is 1. The van der Waals surface area contributed by atoms with Crippen LogP contribution in [0.2, 0.25) is 0 Å². The third-order valence-corrected chi connectivity index (χ3v) is 1.67. The Morgan fingerprint density at radius 1 is 1.55 bits per heavy atom. The second-order valence-corrected chi connectivity index (χ2v) is 2.76. The summed E-state index contributed by atoms with van der Waals surface area (Å²) in [7, 11) is 1.92. The molecule has 0 saturated carbocycles. The van der Waals surface area contributed by atoms with E-state index in [0.29, 0.717) is 0 Å². The van der Waals surface area contributed by atoms with E-state index < -0.39 is 0 Å². The molecule has 2 aromatic rings. The van der Waals surface area contributed by atoms with Gasteiger partial charge in [0.25, 0.3) is 0 Å². The van der Waals surface area contributed by atoms with Crippen LogP contribution in [-0.2, 0) is 7.05 Å². The van der Waals surface area contributed by atoms with Gasteiger partial charge in [-0.3, -0.25) is 0 Å². The van der Waals surface area contributed by atoms with Gasteiger partial charge in [-0.05, 0) is 18.6 Å². The van der Waals surface area contributed by atoms with Crippen LogP contribution in [0.1, 0.15) is 5.56 Å². The lowest BCUT2D eigenvalue weighted by atomic mass is 10.3. The molecule has 56 valence electrons. The third kappa shape index (κ3) is 0.981. The molecule has 0 aliphatic heterocycles. The van der Waals surface area contributed by atoms with Crippen molar-refractivity contribution in [2.75, 3.05) is 0 Å². The van der Waals surface area contributed by atoms with Gasteiger partial charge in [-0.15, -0.1) is 4.68 Å². The van der Waals surface area contributed by atoms with E-state index in [9.17, 15) is 0 Å². The van der Waals surface area contributed by atoms with Crippen LogP contribution in [0.25, 0.3) is 5.65 Å². The highest BCUT2D eigenvalue weighted by atomic mass is 15.3. The molecule has 2 aromatic heterocycles. The van der Waals surface area contributed by atoms with Gasteiger partial charge in [0.1, 0.15) is 0 Å². The first kappa shape index (κ1) is 6.34. The van der Waals surface area contributed by atoms with Crippen LogP contribution in [0.5, 0.6) is 0 Å². The van der Waals surface area contributed by atoms with Gasteiger partial charge in [-0.1, -0.05) is 0 Å². The van der Waals surface area contributed by atoms with E-state index in [1.54, 1.807) is 4.68 Å². The summed E-state index contributed by atoms with van der Waals surface area (Å²) < 4.78 is 3.79. The Labute approximate surface area is 64.9 Å². The first-order valence-corrected chi connectivity index (χ1v) is 3.57. The average Bonchev–Trinajstić information content (AvgIpc) is 2.27. The maximum Gasteiger partial charge on any atom is 0.306 e. The molecule has 0 aromatic carbocycles. The molecule has 0 atom stereocenters. The molecule has 3 nitrogen and oxygen atoms in total. The molecular weight excluding hydrogens is 138 g/mol. The van der Waals surface area contributed by atoms with Crippen molar-refractivity contribution in [3.05, 3.63) is 30.2 Å². The Kier molecular flexibility index (Phi) is 1.18. The van der Waals surface area contributed by atoms with E-state index in [1.165, 1.54) is 5.56 Å². The lowest BCUT2D eigenvalue weighted by Crippen LogP contribution is -2.17. The van der Waals surface area contributed by atoms with Gasteiger partial charge in [0, 0.05) is 11.2 Å². The van der Waals surface area contributed by atoms with Crippen molar-refractivity contribution in [2.24, 2.45) is 7.05 Å². The van der Waals surface area contributed by atoms with Gasteiger partial charge >= 0.3 is 5.65 Å². The van der Waals surface area contributed by atoms with E-state index in [2.05, 4.69) is 24.2 Å². The van der Waals surface area contributed by atoms with Gasteiger partial charge in [-0.25, -0.2) is 4.40 Å². The molecular formula is C8H10N3+. The Bertz CT molecular complexity index is 389. The van der Waals surface area contributed by atoms with E-state index in [1.807, 2.05) is 24.0 Å². The minimum atomic E-state index is 0.993. The molecule has 3 heteroatoms. The van der Waals surface area contributed by atoms with Crippen molar-refractivity contribution >= 4 is 5.65 Å². The lowest BCUT2D eigenvalue weighted by Gasteiger charge is -1.85. The van der Waals surface area contributed by atoms with Gasteiger partial charge < -0.3 is 0 Å². The SMILES string of the molecule is Cc1cc[n+]2cn(C)nc2c1. The summed E-state index contributed by atoms with van der Waals surface area (Å²) in [6, 6.07) is 4.12. The normalized spacial score (nSPS) is 10.7. The molecule has 0 amide bonds. The zero-order chi connectivity index (χ0) is 7.84. The Balaban J connectivity index is 2.82. The summed E-state index contributed by atoms with van der Waals surface area (Å²) >= 11 is 0.